The maximum Gasteiger partial charge on any atom is 0.0802 e. The van der Waals surface area contributed by atoms with Crippen LogP contribution in [-0.2, 0) is 6.54 Å². The highest BCUT2D eigenvalue weighted by atomic mass is 35.5. The monoisotopic (exact) mass is 247 g/mol. The summed E-state index contributed by atoms with van der Waals surface area (Å²) in [6, 6.07) is 7.70. The SMILES string of the molecule is CN(Cc1ccccc1Cl)CC(O)CCl. The Bertz CT molecular complexity index is 306. The lowest BCUT2D eigenvalue weighted by Crippen LogP contribution is -2.29. The van der Waals surface area contributed by atoms with E-state index in [-0.39, 0.29) is 5.88 Å². The zero-order valence-corrected chi connectivity index (χ0v) is 10.2. The molecule has 0 heterocycles. The average Bonchev–Trinajstić information content (AvgIpc) is 2.21. The molecule has 2 nitrogen and oxygen atoms in total. The summed E-state index contributed by atoms with van der Waals surface area (Å²) in [6.07, 6.45) is -0.487. The summed E-state index contributed by atoms with van der Waals surface area (Å²) in [5.41, 5.74) is 1.06. The number of nitrogens with zero attached hydrogens (tertiary/aromatic N) is 1. The quantitative estimate of drug-likeness (QED) is 0.808. The summed E-state index contributed by atoms with van der Waals surface area (Å²) in [6.45, 7) is 1.27. The Morgan fingerprint density at radius 1 is 1.40 bits per heavy atom. The van der Waals surface area contributed by atoms with Gasteiger partial charge in [0, 0.05) is 24.0 Å². The number of halogens is 2. The van der Waals surface area contributed by atoms with E-state index in [1.807, 2.05) is 36.2 Å². The summed E-state index contributed by atoms with van der Waals surface area (Å²) in [5.74, 6) is 0.257. The molecule has 1 rings (SSSR count). The number of benzene rings is 1. The fourth-order valence-corrected chi connectivity index (χ4v) is 1.68. The molecule has 84 valence electrons. The van der Waals surface area contributed by atoms with Crippen molar-refractivity contribution in [2.24, 2.45) is 0 Å². The van der Waals surface area contributed by atoms with Crippen LogP contribution in [0.1, 0.15) is 5.56 Å². The Kier molecular flexibility index (Phi) is 5.40. The van der Waals surface area contributed by atoms with Gasteiger partial charge in [-0.3, -0.25) is 4.90 Å². The molecule has 15 heavy (non-hydrogen) atoms. The van der Waals surface area contributed by atoms with E-state index in [4.69, 9.17) is 23.2 Å². The van der Waals surface area contributed by atoms with E-state index in [0.717, 1.165) is 10.6 Å². The third-order valence-corrected chi connectivity index (χ3v) is 2.82. The summed E-state index contributed by atoms with van der Waals surface area (Å²) in [7, 11) is 1.93. The highest BCUT2D eigenvalue weighted by Gasteiger charge is 2.08. The molecule has 0 aliphatic heterocycles. The third kappa shape index (κ3) is 4.39. The Hall–Kier alpha value is -0.280. The van der Waals surface area contributed by atoms with Crippen LogP contribution in [0.4, 0.5) is 0 Å². The normalized spacial score (nSPS) is 13.1. The molecule has 1 aromatic carbocycles. The molecule has 1 aromatic rings. The average molecular weight is 248 g/mol. The minimum Gasteiger partial charge on any atom is -0.391 e. The second-order valence-corrected chi connectivity index (χ2v) is 4.31. The molecule has 0 saturated carbocycles. The number of aliphatic hydroxyl groups is 1. The lowest BCUT2D eigenvalue weighted by molar-refractivity contribution is 0.141. The van der Waals surface area contributed by atoms with E-state index >= 15 is 0 Å². The van der Waals surface area contributed by atoms with Gasteiger partial charge in [-0.1, -0.05) is 29.8 Å². The number of alkyl halides is 1. The van der Waals surface area contributed by atoms with Gasteiger partial charge in [-0.2, -0.15) is 0 Å². The van der Waals surface area contributed by atoms with Crippen LogP contribution < -0.4 is 0 Å². The molecular weight excluding hydrogens is 233 g/mol. The second-order valence-electron chi connectivity index (χ2n) is 3.60. The minimum absolute atomic E-state index is 0.257. The Morgan fingerprint density at radius 2 is 2.07 bits per heavy atom. The summed E-state index contributed by atoms with van der Waals surface area (Å²) in [5, 5.41) is 10.1. The van der Waals surface area contributed by atoms with Crippen molar-refractivity contribution in [3.8, 4) is 0 Å². The summed E-state index contributed by atoms with van der Waals surface area (Å²) >= 11 is 11.6. The molecule has 0 saturated heterocycles. The van der Waals surface area contributed by atoms with Crippen molar-refractivity contribution in [3.05, 3.63) is 34.9 Å². The summed E-state index contributed by atoms with van der Waals surface area (Å²) < 4.78 is 0. The molecule has 4 heteroatoms. The molecule has 0 bridgehead atoms. The van der Waals surface area contributed by atoms with Crippen LogP contribution in [0.25, 0.3) is 0 Å². The van der Waals surface area contributed by atoms with Crippen molar-refractivity contribution in [1.82, 2.24) is 4.90 Å². The molecule has 0 aliphatic carbocycles. The molecule has 0 aliphatic rings. The zero-order chi connectivity index (χ0) is 11.3. The molecule has 0 fully saturated rings. The predicted octanol–water partition coefficient (Wildman–Crippen LogP) is 2.37. The standard InChI is InChI=1S/C11H15Cl2NO/c1-14(8-10(15)6-12)7-9-4-2-3-5-11(9)13/h2-5,10,15H,6-8H2,1H3. The molecular formula is C11H15Cl2NO. The molecule has 1 N–H and O–H groups in total. The number of hydrogen-bond acceptors (Lipinski definition) is 2. The molecule has 1 unspecified atom stereocenters. The summed E-state index contributed by atoms with van der Waals surface area (Å²) in [4.78, 5) is 1.99. The fraction of sp³-hybridized carbons (Fsp3) is 0.455. The molecule has 0 amide bonds. The first-order chi connectivity index (χ1) is 7.13. The van der Waals surface area contributed by atoms with Gasteiger partial charge in [0.1, 0.15) is 0 Å². The number of likely N-dealkylation sites (N-methyl/N-ethyl adjacent to an activating group) is 1. The van der Waals surface area contributed by atoms with Gasteiger partial charge >= 0.3 is 0 Å². The minimum atomic E-state index is -0.487. The van der Waals surface area contributed by atoms with E-state index in [0.29, 0.717) is 13.1 Å². The van der Waals surface area contributed by atoms with E-state index in [2.05, 4.69) is 0 Å². The number of hydrogen-bond donors (Lipinski definition) is 1. The predicted molar refractivity (Wildman–Crippen MR) is 64.5 cm³/mol. The van der Waals surface area contributed by atoms with E-state index < -0.39 is 6.10 Å². The third-order valence-electron chi connectivity index (χ3n) is 2.10. The Labute approximate surface area is 100 Å². The van der Waals surface area contributed by atoms with Crippen LogP contribution in [0, 0.1) is 0 Å². The van der Waals surface area contributed by atoms with Gasteiger partial charge in [-0.05, 0) is 18.7 Å². The molecule has 0 radical (unpaired) electrons. The van der Waals surface area contributed by atoms with Gasteiger partial charge in [0.25, 0.3) is 0 Å². The van der Waals surface area contributed by atoms with Crippen LogP contribution in [0.2, 0.25) is 5.02 Å². The smallest absolute Gasteiger partial charge is 0.0802 e. The van der Waals surface area contributed by atoms with Gasteiger partial charge < -0.3 is 5.11 Å². The van der Waals surface area contributed by atoms with E-state index in [1.54, 1.807) is 0 Å². The first-order valence-corrected chi connectivity index (χ1v) is 5.70. The maximum atomic E-state index is 9.37. The maximum absolute atomic E-state index is 9.37. The lowest BCUT2D eigenvalue weighted by Gasteiger charge is -2.19. The topological polar surface area (TPSA) is 23.5 Å². The van der Waals surface area contributed by atoms with Crippen LogP contribution in [0.15, 0.2) is 24.3 Å². The van der Waals surface area contributed by atoms with Crippen LogP contribution >= 0.6 is 23.2 Å². The largest absolute Gasteiger partial charge is 0.391 e. The lowest BCUT2D eigenvalue weighted by atomic mass is 10.2. The van der Waals surface area contributed by atoms with Crippen molar-refractivity contribution in [1.29, 1.82) is 0 Å². The van der Waals surface area contributed by atoms with Crippen LogP contribution in [0.3, 0.4) is 0 Å². The van der Waals surface area contributed by atoms with Gasteiger partial charge in [0.05, 0.1) is 6.10 Å². The van der Waals surface area contributed by atoms with Crippen molar-refractivity contribution in [2.45, 2.75) is 12.6 Å². The second kappa shape index (κ2) is 6.33. The van der Waals surface area contributed by atoms with Crippen LogP contribution in [-0.4, -0.2) is 35.6 Å². The number of rotatable bonds is 5. The molecule has 0 spiro atoms. The highest BCUT2D eigenvalue weighted by Crippen LogP contribution is 2.16. The van der Waals surface area contributed by atoms with Gasteiger partial charge in [-0.25, -0.2) is 0 Å². The van der Waals surface area contributed by atoms with E-state index in [1.165, 1.54) is 0 Å². The Morgan fingerprint density at radius 3 is 2.67 bits per heavy atom. The van der Waals surface area contributed by atoms with Gasteiger partial charge in [0.2, 0.25) is 0 Å². The van der Waals surface area contributed by atoms with Gasteiger partial charge in [-0.15, -0.1) is 11.6 Å². The van der Waals surface area contributed by atoms with Crippen molar-refractivity contribution in [2.75, 3.05) is 19.5 Å². The first-order valence-electron chi connectivity index (χ1n) is 4.79. The van der Waals surface area contributed by atoms with E-state index in [9.17, 15) is 5.11 Å². The van der Waals surface area contributed by atoms with Crippen LogP contribution in [0.5, 0.6) is 0 Å². The highest BCUT2D eigenvalue weighted by molar-refractivity contribution is 6.31. The van der Waals surface area contributed by atoms with Crippen molar-refractivity contribution < 1.29 is 5.11 Å². The van der Waals surface area contributed by atoms with Crippen molar-refractivity contribution in [3.63, 3.8) is 0 Å². The first kappa shape index (κ1) is 12.8. The number of aliphatic hydroxyl groups excluding tert-OH is 1. The fourth-order valence-electron chi connectivity index (χ4n) is 1.39. The zero-order valence-electron chi connectivity index (χ0n) is 8.66. The molecule has 1 atom stereocenters. The van der Waals surface area contributed by atoms with Crippen molar-refractivity contribution >= 4 is 23.2 Å². The Balaban J connectivity index is 2.51. The molecule has 0 aromatic heterocycles. The van der Waals surface area contributed by atoms with Gasteiger partial charge in [0.15, 0.2) is 0 Å².